The summed E-state index contributed by atoms with van der Waals surface area (Å²) in [5, 5.41) is 12.5. The molecule has 2 aliphatic heterocycles. The molecule has 7 nitrogen and oxygen atoms in total. The minimum absolute atomic E-state index is 0.0512. The van der Waals surface area contributed by atoms with E-state index in [1.807, 2.05) is 6.20 Å². The molecule has 2 atom stereocenters. The van der Waals surface area contributed by atoms with Gasteiger partial charge in [-0.05, 0) is 48.4 Å². The number of aliphatic hydroxyl groups excluding tert-OH is 1. The van der Waals surface area contributed by atoms with Crippen LogP contribution >= 0.6 is 11.6 Å². The van der Waals surface area contributed by atoms with Crippen LogP contribution < -0.4 is 5.32 Å². The number of fused-ring (bicyclic) bond motifs is 1. The van der Waals surface area contributed by atoms with Crippen molar-refractivity contribution in [3.05, 3.63) is 57.9 Å². The van der Waals surface area contributed by atoms with E-state index in [0.717, 1.165) is 49.6 Å². The van der Waals surface area contributed by atoms with Gasteiger partial charge in [-0.2, -0.15) is 0 Å². The summed E-state index contributed by atoms with van der Waals surface area (Å²) >= 11 is 5.84. The Labute approximate surface area is 185 Å². The van der Waals surface area contributed by atoms with Crippen molar-refractivity contribution in [3.63, 3.8) is 0 Å². The monoisotopic (exact) mass is 448 g/mol. The summed E-state index contributed by atoms with van der Waals surface area (Å²) < 4.78 is 19.0. The van der Waals surface area contributed by atoms with Crippen molar-refractivity contribution in [3.8, 4) is 0 Å². The lowest BCUT2D eigenvalue weighted by atomic mass is 9.98. The smallest absolute Gasteiger partial charge is 0.318 e. The molecule has 2 aliphatic rings. The van der Waals surface area contributed by atoms with Gasteiger partial charge >= 0.3 is 6.03 Å². The van der Waals surface area contributed by atoms with Crippen LogP contribution in [0.25, 0.3) is 0 Å². The van der Waals surface area contributed by atoms with Crippen molar-refractivity contribution >= 4 is 17.6 Å². The maximum atomic E-state index is 13.4. The summed E-state index contributed by atoms with van der Waals surface area (Å²) in [7, 11) is 0. The molecule has 0 bridgehead atoms. The van der Waals surface area contributed by atoms with E-state index < -0.39 is 11.9 Å². The zero-order valence-electron chi connectivity index (χ0n) is 17.2. The number of aliphatic hydroxyl groups is 1. The number of ether oxygens (including phenoxy) is 1. The number of rotatable bonds is 5. The van der Waals surface area contributed by atoms with Crippen molar-refractivity contribution in [2.45, 2.75) is 38.3 Å². The number of hydrogen-bond acceptors (Lipinski definition) is 5. The molecule has 1 aromatic heterocycles. The molecule has 3 heterocycles. The highest BCUT2D eigenvalue weighted by molar-refractivity contribution is 6.30. The maximum Gasteiger partial charge on any atom is 0.318 e. The van der Waals surface area contributed by atoms with Gasteiger partial charge in [0.25, 0.3) is 0 Å². The third-order valence-electron chi connectivity index (χ3n) is 5.84. The fraction of sp³-hybridized carbons (Fsp3) is 0.500. The lowest BCUT2D eigenvalue weighted by Gasteiger charge is -2.30. The summed E-state index contributed by atoms with van der Waals surface area (Å²) in [5.41, 5.74) is 2.45. The Morgan fingerprint density at radius 2 is 2.32 bits per heavy atom. The van der Waals surface area contributed by atoms with E-state index in [-0.39, 0.29) is 17.7 Å². The van der Waals surface area contributed by atoms with Crippen LogP contribution in [-0.2, 0) is 24.1 Å². The van der Waals surface area contributed by atoms with Crippen LogP contribution in [0.15, 0.2) is 24.4 Å². The minimum atomic E-state index is -0.681. The zero-order valence-corrected chi connectivity index (χ0v) is 17.9. The highest BCUT2D eigenvalue weighted by atomic mass is 35.5. The van der Waals surface area contributed by atoms with E-state index in [2.05, 4.69) is 10.3 Å². The summed E-state index contributed by atoms with van der Waals surface area (Å²) in [6, 6.07) is 3.14. The third kappa shape index (κ3) is 5.31. The van der Waals surface area contributed by atoms with E-state index in [4.69, 9.17) is 21.3 Å². The van der Waals surface area contributed by atoms with Crippen molar-refractivity contribution in [1.82, 2.24) is 20.2 Å². The highest BCUT2D eigenvalue weighted by Gasteiger charge is 2.25. The predicted octanol–water partition coefficient (Wildman–Crippen LogP) is 3.04. The summed E-state index contributed by atoms with van der Waals surface area (Å²) in [4.78, 5) is 23.7. The first-order valence-corrected chi connectivity index (χ1v) is 10.9. The number of aromatic nitrogens is 2. The average molecular weight is 449 g/mol. The first-order valence-electron chi connectivity index (χ1n) is 10.6. The van der Waals surface area contributed by atoms with Gasteiger partial charge in [0.15, 0.2) is 0 Å². The normalized spacial score (nSPS) is 19.6. The van der Waals surface area contributed by atoms with Crippen LogP contribution in [0.2, 0.25) is 5.02 Å². The molecule has 4 rings (SSSR count). The van der Waals surface area contributed by atoms with E-state index in [9.17, 15) is 14.3 Å². The fourth-order valence-corrected chi connectivity index (χ4v) is 4.24. The highest BCUT2D eigenvalue weighted by Crippen LogP contribution is 2.23. The van der Waals surface area contributed by atoms with Crippen molar-refractivity contribution < 1.29 is 19.0 Å². The lowest BCUT2D eigenvalue weighted by Crippen LogP contribution is -2.45. The maximum absolute atomic E-state index is 13.4. The number of benzene rings is 1. The number of hydrogen-bond donors (Lipinski definition) is 2. The van der Waals surface area contributed by atoms with Crippen LogP contribution in [0.1, 0.15) is 41.5 Å². The van der Waals surface area contributed by atoms with Gasteiger partial charge in [-0.15, -0.1) is 0 Å². The molecule has 0 saturated carbocycles. The second-order valence-electron chi connectivity index (χ2n) is 8.08. The molecule has 2 aromatic rings. The molecule has 1 saturated heterocycles. The number of urea groups is 1. The Morgan fingerprint density at radius 1 is 1.45 bits per heavy atom. The Balaban J connectivity index is 1.41. The topological polar surface area (TPSA) is 87.6 Å². The van der Waals surface area contributed by atoms with Crippen molar-refractivity contribution in [2.75, 3.05) is 26.4 Å². The minimum Gasteiger partial charge on any atom is -0.394 e. The van der Waals surface area contributed by atoms with Crippen LogP contribution in [0.3, 0.4) is 0 Å². The van der Waals surface area contributed by atoms with Crippen LogP contribution in [-0.4, -0.2) is 52.4 Å². The van der Waals surface area contributed by atoms with Gasteiger partial charge in [0, 0.05) is 32.4 Å². The van der Waals surface area contributed by atoms with E-state index >= 15 is 0 Å². The number of nitrogens with zero attached hydrogens (tertiary/aromatic N) is 3. The first-order chi connectivity index (χ1) is 15.0. The standard InChI is InChI=1S/C22H26ClFN4O3/c23-17-9-15(3-4-18(17)24)20(12-29)27-22(30)28-6-5-16-10-25-21(26-19(16)11-28)8-14-2-1-7-31-13-14/h3-4,9-10,14,20,29H,1-2,5-8,11-13H2,(H,27,30)/t14?,20-/m1/s1. The SMILES string of the molecule is O=C(N[C@H](CO)c1ccc(F)c(Cl)c1)N1CCc2cnc(CC3CCCOC3)nc2C1. The number of carbonyl (C=O) groups excluding carboxylic acids is 1. The van der Waals surface area contributed by atoms with Crippen LogP contribution in [0.5, 0.6) is 0 Å². The molecule has 0 aliphatic carbocycles. The molecular weight excluding hydrogens is 423 g/mol. The Bertz CT molecular complexity index is 939. The van der Waals surface area contributed by atoms with Gasteiger partial charge < -0.3 is 20.1 Å². The first kappa shape index (κ1) is 21.9. The van der Waals surface area contributed by atoms with Gasteiger partial charge in [0.1, 0.15) is 11.6 Å². The van der Waals surface area contributed by atoms with Crippen LogP contribution in [0.4, 0.5) is 9.18 Å². The molecule has 1 aromatic carbocycles. The average Bonchev–Trinajstić information content (AvgIpc) is 2.79. The van der Waals surface area contributed by atoms with Crippen molar-refractivity contribution in [2.24, 2.45) is 5.92 Å². The van der Waals surface area contributed by atoms with Gasteiger partial charge in [-0.25, -0.2) is 19.2 Å². The second kappa shape index (κ2) is 9.89. The zero-order chi connectivity index (χ0) is 21.8. The molecular formula is C22H26ClFN4O3. The molecule has 31 heavy (non-hydrogen) atoms. The summed E-state index contributed by atoms with van der Waals surface area (Å²) in [6.45, 7) is 2.14. The Hall–Kier alpha value is -2.29. The van der Waals surface area contributed by atoms with E-state index in [1.54, 1.807) is 4.90 Å². The van der Waals surface area contributed by atoms with Gasteiger partial charge in [-0.3, -0.25) is 0 Å². The van der Waals surface area contributed by atoms with Gasteiger partial charge in [-0.1, -0.05) is 17.7 Å². The molecule has 1 unspecified atom stereocenters. The number of nitrogens with one attached hydrogen (secondary N) is 1. The second-order valence-corrected chi connectivity index (χ2v) is 8.48. The number of carbonyl (C=O) groups is 1. The molecule has 166 valence electrons. The molecule has 9 heteroatoms. The summed E-state index contributed by atoms with van der Waals surface area (Å²) in [6.07, 6.45) is 5.49. The molecule has 2 amide bonds. The molecule has 0 spiro atoms. The Morgan fingerprint density at radius 3 is 3.06 bits per heavy atom. The lowest BCUT2D eigenvalue weighted by molar-refractivity contribution is 0.0542. The largest absolute Gasteiger partial charge is 0.394 e. The fourth-order valence-electron chi connectivity index (χ4n) is 4.05. The Kier molecular flexibility index (Phi) is 6.99. The van der Waals surface area contributed by atoms with E-state index in [0.29, 0.717) is 31.0 Å². The predicted molar refractivity (Wildman–Crippen MR) is 113 cm³/mol. The van der Waals surface area contributed by atoms with Crippen LogP contribution in [0, 0.1) is 11.7 Å². The summed E-state index contributed by atoms with van der Waals surface area (Å²) in [5.74, 6) is 0.671. The number of amides is 2. The third-order valence-corrected chi connectivity index (χ3v) is 6.12. The van der Waals surface area contributed by atoms with Gasteiger partial charge in [0.2, 0.25) is 0 Å². The van der Waals surface area contributed by atoms with Gasteiger partial charge in [0.05, 0.1) is 29.9 Å². The van der Waals surface area contributed by atoms with Crippen molar-refractivity contribution in [1.29, 1.82) is 0 Å². The van der Waals surface area contributed by atoms with E-state index in [1.165, 1.54) is 18.2 Å². The number of halogens is 2. The molecule has 0 radical (unpaired) electrons. The molecule has 1 fully saturated rings. The quantitative estimate of drug-likeness (QED) is 0.734. The molecule has 2 N–H and O–H groups in total.